The minimum atomic E-state index is -0.932. The molecule has 0 fully saturated rings. The van der Waals surface area contributed by atoms with Gasteiger partial charge in [-0.25, -0.2) is 9.78 Å². The van der Waals surface area contributed by atoms with Crippen LogP contribution in [0.25, 0.3) is 10.6 Å². The molecular weight excluding hydrogens is 306 g/mol. The van der Waals surface area contributed by atoms with Crippen molar-refractivity contribution in [1.82, 2.24) is 10.3 Å². The number of rotatable bonds is 5. The zero-order valence-electron chi connectivity index (χ0n) is 11.8. The van der Waals surface area contributed by atoms with Gasteiger partial charge in [-0.1, -0.05) is 41.7 Å². The van der Waals surface area contributed by atoms with Crippen molar-refractivity contribution in [3.63, 3.8) is 0 Å². The fourth-order valence-electron chi connectivity index (χ4n) is 1.81. The Morgan fingerprint density at radius 1 is 1.38 bits per heavy atom. The predicted molar refractivity (Wildman–Crippen MR) is 88.1 cm³/mol. The highest BCUT2D eigenvalue weighted by molar-refractivity contribution is 7.84. The molecule has 2 atom stereocenters. The zero-order valence-corrected chi connectivity index (χ0v) is 13.5. The van der Waals surface area contributed by atoms with E-state index in [4.69, 9.17) is 0 Å². The average Bonchev–Trinajstić information content (AvgIpc) is 2.86. The highest BCUT2D eigenvalue weighted by Crippen LogP contribution is 2.27. The van der Waals surface area contributed by atoms with Crippen LogP contribution in [0.3, 0.4) is 0 Å². The van der Waals surface area contributed by atoms with E-state index in [1.54, 1.807) is 12.5 Å². The molecule has 0 unspecified atom stereocenters. The number of anilines is 1. The van der Waals surface area contributed by atoms with Crippen molar-refractivity contribution in [1.29, 1.82) is 0 Å². The van der Waals surface area contributed by atoms with Crippen LogP contribution >= 0.6 is 11.3 Å². The van der Waals surface area contributed by atoms with E-state index in [1.807, 2.05) is 37.3 Å². The molecular formula is C14H17N3O2S2. The molecule has 0 bridgehead atoms. The normalized spacial score (nSPS) is 13.4. The van der Waals surface area contributed by atoms with Crippen LogP contribution in [0.4, 0.5) is 9.80 Å². The van der Waals surface area contributed by atoms with Gasteiger partial charge in [-0.2, -0.15) is 0 Å². The number of urea groups is 1. The summed E-state index contributed by atoms with van der Waals surface area (Å²) in [6, 6.07) is 9.34. The summed E-state index contributed by atoms with van der Waals surface area (Å²) in [5, 5.41) is 7.02. The van der Waals surface area contributed by atoms with Crippen molar-refractivity contribution in [3.8, 4) is 10.6 Å². The molecule has 1 aromatic heterocycles. The number of amides is 2. The van der Waals surface area contributed by atoms with Crippen LogP contribution in [-0.2, 0) is 10.8 Å². The van der Waals surface area contributed by atoms with Crippen molar-refractivity contribution < 1.29 is 9.00 Å². The fourth-order valence-corrected chi connectivity index (χ4v) is 3.42. The van der Waals surface area contributed by atoms with Crippen molar-refractivity contribution in [2.45, 2.75) is 13.0 Å². The number of aromatic nitrogens is 1. The topological polar surface area (TPSA) is 71.1 Å². The summed E-state index contributed by atoms with van der Waals surface area (Å²) < 4.78 is 11.1. The summed E-state index contributed by atoms with van der Waals surface area (Å²) in [6.07, 6.45) is 3.25. The van der Waals surface area contributed by atoms with Gasteiger partial charge >= 0.3 is 6.03 Å². The molecule has 1 heterocycles. The molecule has 0 aliphatic rings. The maximum Gasteiger partial charge on any atom is 0.320 e. The minimum absolute atomic E-state index is 0.141. The first-order chi connectivity index (χ1) is 10.0. The molecule has 0 aliphatic carbocycles. The second-order valence-corrected chi connectivity index (χ2v) is 7.15. The Morgan fingerprint density at radius 3 is 2.76 bits per heavy atom. The molecule has 0 saturated heterocycles. The number of hydrogen-bond donors (Lipinski definition) is 2. The Hall–Kier alpha value is -1.73. The van der Waals surface area contributed by atoms with Gasteiger partial charge in [-0.15, -0.1) is 0 Å². The van der Waals surface area contributed by atoms with Gasteiger partial charge in [0.15, 0.2) is 0 Å². The molecule has 112 valence electrons. The van der Waals surface area contributed by atoms with Crippen LogP contribution in [-0.4, -0.2) is 33.3 Å². The molecule has 2 N–H and O–H groups in total. The molecule has 2 amide bonds. The van der Waals surface area contributed by atoms with E-state index in [9.17, 15) is 9.00 Å². The zero-order chi connectivity index (χ0) is 15.2. The van der Waals surface area contributed by atoms with Gasteiger partial charge in [-0.05, 0) is 6.92 Å². The van der Waals surface area contributed by atoms with E-state index < -0.39 is 10.8 Å². The van der Waals surface area contributed by atoms with Gasteiger partial charge in [0.05, 0.1) is 6.20 Å². The number of nitrogens with zero attached hydrogens (tertiary/aromatic N) is 1. The number of carbonyl (C=O) groups is 1. The maximum absolute atomic E-state index is 11.8. The molecule has 2 rings (SSSR count). The smallest absolute Gasteiger partial charge is 0.320 e. The number of thiazole rings is 1. The van der Waals surface area contributed by atoms with Crippen LogP contribution < -0.4 is 10.6 Å². The van der Waals surface area contributed by atoms with Crippen molar-refractivity contribution in [3.05, 3.63) is 36.5 Å². The highest BCUT2D eigenvalue weighted by atomic mass is 32.2. The first kappa shape index (κ1) is 15.7. The largest absolute Gasteiger partial charge is 0.334 e. The van der Waals surface area contributed by atoms with E-state index >= 15 is 0 Å². The number of benzene rings is 1. The third-order valence-corrected chi connectivity index (χ3v) is 4.56. The summed E-state index contributed by atoms with van der Waals surface area (Å²) in [4.78, 5) is 16.1. The Kier molecular flexibility index (Phi) is 5.46. The Balaban J connectivity index is 1.93. The van der Waals surface area contributed by atoms with Gasteiger partial charge in [0.25, 0.3) is 0 Å². The van der Waals surface area contributed by atoms with Crippen molar-refractivity contribution in [2.75, 3.05) is 17.3 Å². The lowest BCUT2D eigenvalue weighted by atomic mass is 10.2. The van der Waals surface area contributed by atoms with Crippen LogP contribution in [0.1, 0.15) is 6.92 Å². The fraction of sp³-hybridized carbons (Fsp3) is 0.286. The number of hydrogen-bond acceptors (Lipinski definition) is 4. The SMILES string of the molecule is C[C@@H](C[S@](C)=O)NC(=O)Nc1cnc(-c2ccccc2)s1. The van der Waals surface area contributed by atoms with E-state index in [-0.39, 0.29) is 12.1 Å². The Labute approximate surface area is 130 Å². The van der Waals surface area contributed by atoms with E-state index in [0.29, 0.717) is 10.8 Å². The van der Waals surface area contributed by atoms with Crippen molar-refractivity contribution >= 4 is 33.2 Å². The van der Waals surface area contributed by atoms with E-state index in [1.165, 1.54) is 11.3 Å². The molecule has 7 heteroatoms. The lowest BCUT2D eigenvalue weighted by molar-refractivity contribution is 0.250. The van der Waals surface area contributed by atoms with Crippen LogP contribution in [0.15, 0.2) is 36.5 Å². The summed E-state index contributed by atoms with van der Waals surface area (Å²) >= 11 is 1.41. The van der Waals surface area contributed by atoms with Crippen LogP contribution in [0.5, 0.6) is 0 Å². The second-order valence-electron chi connectivity index (χ2n) is 4.64. The van der Waals surface area contributed by atoms with Crippen LogP contribution in [0, 0.1) is 0 Å². The van der Waals surface area contributed by atoms with Gasteiger partial charge in [0.2, 0.25) is 0 Å². The monoisotopic (exact) mass is 323 g/mol. The molecule has 1 aromatic carbocycles. The lowest BCUT2D eigenvalue weighted by Gasteiger charge is -2.12. The predicted octanol–water partition coefficient (Wildman–Crippen LogP) is 2.70. The second kappa shape index (κ2) is 7.33. The summed E-state index contributed by atoms with van der Waals surface area (Å²) in [6.45, 7) is 1.82. The third-order valence-electron chi connectivity index (χ3n) is 2.63. The molecule has 0 saturated carbocycles. The minimum Gasteiger partial charge on any atom is -0.334 e. The molecule has 0 radical (unpaired) electrons. The van der Waals surface area contributed by atoms with E-state index in [2.05, 4.69) is 15.6 Å². The third kappa shape index (κ3) is 4.95. The lowest BCUT2D eigenvalue weighted by Crippen LogP contribution is -2.38. The molecule has 5 nitrogen and oxygen atoms in total. The molecule has 0 aliphatic heterocycles. The Bertz CT molecular complexity index is 628. The summed E-state index contributed by atoms with van der Waals surface area (Å²) in [5.41, 5.74) is 1.02. The Morgan fingerprint density at radius 2 is 2.10 bits per heavy atom. The molecule has 21 heavy (non-hydrogen) atoms. The van der Waals surface area contributed by atoms with Gasteiger partial charge < -0.3 is 5.32 Å². The van der Waals surface area contributed by atoms with Gasteiger partial charge in [0, 0.05) is 34.4 Å². The maximum atomic E-state index is 11.8. The van der Waals surface area contributed by atoms with Gasteiger partial charge in [-0.3, -0.25) is 9.53 Å². The van der Waals surface area contributed by atoms with E-state index in [0.717, 1.165) is 10.6 Å². The summed E-state index contributed by atoms with van der Waals surface area (Å²) in [7, 11) is -0.932. The average molecular weight is 323 g/mol. The first-order valence-corrected chi connectivity index (χ1v) is 8.98. The quantitative estimate of drug-likeness (QED) is 0.889. The highest BCUT2D eigenvalue weighted by Gasteiger charge is 2.11. The first-order valence-electron chi connectivity index (χ1n) is 6.43. The number of carbonyl (C=O) groups excluding carboxylic acids is 1. The van der Waals surface area contributed by atoms with Crippen LogP contribution in [0.2, 0.25) is 0 Å². The number of nitrogens with one attached hydrogen (secondary N) is 2. The van der Waals surface area contributed by atoms with Crippen molar-refractivity contribution in [2.24, 2.45) is 0 Å². The summed E-state index contributed by atoms with van der Waals surface area (Å²) in [5.74, 6) is 0.436. The standard InChI is InChI=1S/C14H17N3O2S2/c1-10(9-21(2)19)16-14(18)17-12-8-15-13(20-12)11-6-4-3-5-7-11/h3-8,10H,9H2,1-2H3,(H2,16,17,18)/t10-,21-/m0/s1. The van der Waals surface area contributed by atoms with Gasteiger partial charge in [0.1, 0.15) is 10.0 Å². The molecule has 2 aromatic rings. The molecule has 0 spiro atoms.